The van der Waals surface area contributed by atoms with E-state index in [-0.39, 0.29) is 5.78 Å². The molecular formula is C17H15BrO. The second kappa shape index (κ2) is 6.48. The Bertz CT molecular complexity index is 600. The monoisotopic (exact) mass is 314 g/mol. The molecule has 2 aromatic carbocycles. The summed E-state index contributed by atoms with van der Waals surface area (Å²) in [5, 5.41) is 0. The Labute approximate surface area is 122 Å². The lowest BCUT2D eigenvalue weighted by molar-refractivity contribution is 0.104. The molecule has 0 aliphatic carbocycles. The summed E-state index contributed by atoms with van der Waals surface area (Å²) in [6, 6.07) is 15.4. The Morgan fingerprint density at radius 1 is 1.16 bits per heavy atom. The van der Waals surface area contributed by atoms with E-state index < -0.39 is 0 Å². The highest BCUT2D eigenvalue weighted by Crippen LogP contribution is 2.20. The summed E-state index contributed by atoms with van der Waals surface area (Å²) in [5.41, 5.74) is 3.00. The van der Waals surface area contributed by atoms with E-state index in [0.717, 1.165) is 16.5 Å². The van der Waals surface area contributed by atoms with Gasteiger partial charge in [-0.3, -0.25) is 4.79 Å². The number of carbonyl (C=O) groups excluding carboxylic acids is 1. The number of aryl methyl sites for hydroxylation is 1. The van der Waals surface area contributed by atoms with Crippen LogP contribution in [0.2, 0.25) is 0 Å². The van der Waals surface area contributed by atoms with Crippen molar-refractivity contribution in [3.05, 3.63) is 75.8 Å². The molecule has 0 aromatic heterocycles. The van der Waals surface area contributed by atoms with E-state index in [1.807, 2.05) is 48.5 Å². The lowest BCUT2D eigenvalue weighted by Gasteiger charge is -2.02. The lowest BCUT2D eigenvalue weighted by Crippen LogP contribution is -1.92. The summed E-state index contributed by atoms with van der Waals surface area (Å²) in [6.45, 7) is 2.12. The zero-order chi connectivity index (χ0) is 13.7. The Morgan fingerprint density at radius 3 is 2.53 bits per heavy atom. The predicted octanol–water partition coefficient (Wildman–Crippen LogP) is 4.91. The molecule has 96 valence electrons. The zero-order valence-corrected chi connectivity index (χ0v) is 12.4. The SMILES string of the molecule is CCc1ccc(C=CC(=O)c2ccccc2)cc1Br. The van der Waals surface area contributed by atoms with Crippen molar-refractivity contribution >= 4 is 27.8 Å². The van der Waals surface area contributed by atoms with Gasteiger partial charge >= 0.3 is 0 Å². The van der Waals surface area contributed by atoms with Crippen molar-refractivity contribution in [1.29, 1.82) is 0 Å². The van der Waals surface area contributed by atoms with Gasteiger partial charge in [0.15, 0.2) is 5.78 Å². The fourth-order valence-corrected chi connectivity index (χ4v) is 2.50. The highest BCUT2D eigenvalue weighted by molar-refractivity contribution is 9.10. The van der Waals surface area contributed by atoms with Gasteiger partial charge in [-0.05, 0) is 29.7 Å². The Balaban J connectivity index is 2.15. The van der Waals surface area contributed by atoms with Gasteiger partial charge in [-0.1, -0.05) is 71.4 Å². The molecule has 2 aromatic rings. The average Bonchev–Trinajstić information content (AvgIpc) is 2.46. The zero-order valence-electron chi connectivity index (χ0n) is 10.8. The van der Waals surface area contributed by atoms with Crippen LogP contribution < -0.4 is 0 Å². The third kappa shape index (κ3) is 3.65. The highest BCUT2D eigenvalue weighted by atomic mass is 79.9. The molecule has 0 aliphatic rings. The lowest BCUT2D eigenvalue weighted by atomic mass is 10.1. The van der Waals surface area contributed by atoms with Gasteiger partial charge in [-0.15, -0.1) is 0 Å². The smallest absolute Gasteiger partial charge is 0.185 e. The fourth-order valence-electron chi connectivity index (χ4n) is 1.82. The number of ketones is 1. The first kappa shape index (κ1) is 13.8. The first-order chi connectivity index (χ1) is 9.20. The molecule has 0 aliphatic heterocycles. The van der Waals surface area contributed by atoms with Gasteiger partial charge in [0.2, 0.25) is 0 Å². The third-order valence-electron chi connectivity index (χ3n) is 2.94. The molecule has 0 heterocycles. The highest BCUT2D eigenvalue weighted by Gasteiger charge is 2.01. The van der Waals surface area contributed by atoms with E-state index in [4.69, 9.17) is 0 Å². The maximum atomic E-state index is 11.9. The molecule has 0 radical (unpaired) electrons. The van der Waals surface area contributed by atoms with Crippen molar-refractivity contribution < 1.29 is 4.79 Å². The second-order valence-electron chi connectivity index (χ2n) is 4.27. The number of allylic oxidation sites excluding steroid dienone is 1. The summed E-state index contributed by atoms with van der Waals surface area (Å²) in [7, 11) is 0. The van der Waals surface area contributed by atoms with Crippen molar-refractivity contribution in [1.82, 2.24) is 0 Å². The molecule has 2 rings (SSSR count). The minimum absolute atomic E-state index is 0.0243. The largest absolute Gasteiger partial charge is 0.289 e. The van der Waals surface area contributed by atoms with Crippen LogP contribution in [0.15, 0.2) is 59.1 Å². The molecule has 0 N–H and O–H groups in total. The Morgan fingerprint density at radius 2 is 1.89 bits per heavy atom. The van der Waals surface area contributed by atoms with Gasteiger partial charge in [-0.2, -0.15) is 0 Å². The summed E-state index contributed by atoms with van der Waals surface area (Å²) < 4.78 is 1.09. The summed E-state index contributed by atoms with van der Waals surface area (Å²) in [6.07, 6.45) is 4.45. The van der Waals surface area contributed by atoms with Gasteiger partial charge in [-0.25, -0.2) is 0 Å². The number of hydrogen-bond donors (Lipinski definition) is 0. The molecular weight excluding hydrogens is 300 g/mol. The topological polar surface area (TPSA) is 17.1 Å². The van der Waals surface area contributed by atoms with Crippen LogP contribution >= 0.6 is 15.9 Å². The molecule has 0 bridgehead atoms. The van der Waals surface area contributed by atoms with Gasteiger partial charge in [0.1, 0.15) is 0 Å². The van der Waals surface area contributed by atoms with E-state index in [9.17, 15) is 4.79 Å². The Hall–Kier alpha value is -1.67. The molecule has 2 heteroatoms. The predicted molar refractivity (Wildman–Crippen MR) is 83.3 cm³/mol. The molecule has 0 atom stereocenters. The van der Waals surface area contributed by atoms with Crippen LogP contribution in [0.3, 0.4) is 0 Å². The number of rotatable bonds is 4. The molecule has 0 fully saturated rings. The molecule has 19 heavy (non-hydrogen) atoms. The van der Waals surface area contributed by atoms with Crippen LogP contribution in [0.4, 0.5) is 0 Å². The van der Waals surface area contributed by atoms with Gasteiger partial charge < -0.3 is 0 Å². The maximum Gasteiger partial charge on any atom is 0.185 e. The third-order valence-corrected chi connectivity index (χ3v) is 3.68. The first-order valence-corrected chi connectivity index (χ1v) is 7.06. The standard InChI is InChI=1S/C17H15BrO/c1-2-14-10-8-13(12-16(14)18)9-11-17(19)15-6-4-3-5-7-15/h3-12H,2H2,1H3. The van der Waals surface area contributed by atoms with Crippen LogP contribution in [-0.4, -0.2) is 5.78 Å². The van der Waals surface area contributed by atoms with Crippen molar-refractivity contribution in [3.8, 4) is 0 Å². The van der Waals surface area contributed by atoms with Crippen molar-refractivity contribution in [3.63, 3.8) is 0 Å². The summed E-state index contributed by atoms with van der Waals surface area (Å²) in [5.74, 6) is 0.0243. The molecule has 0 unspecified atom stereocenters. The fraction of sp³-hybridized carbons (Fsp3) is 0.118. The van der Waals surface area contributed by atoms with Crippen LogP contribution in [0.25, 0.3) is 6.08 Å². The van der Waals surface area contributed by atoms with Crippen LogP contribution in [-0.2, 0) is 6.42 Å². The van der Waals surface area contributed by atoms with Crippen LogP contribution in [0.1, 0.15) is 28.4 Å². The normalized spacial score (nSPS) is 10.8. The molecule has 0 saturated heterocycles. The minimum Gasteiger partial charge on any atom is -0.289 e. The molecule has 0 spiro atoms. The van der Waals surface area contributed by atoms with Crippen LogP contribution in [0.5, 0.6) is 0 Å². The van der Waals surface area contributed by atoms with Crippen molar-refractivity contribution in [2.75, 3.05) is 0 Å². The minimum atomic E-state index is 0.0243. The quantitative estimate of drug-likeness (QED) is 0.579. The first-order valence-electron chi connectivity index (χ1n) is 6.26. The summed E-state index contributed by atoms with van der Waals surface area (Å²) in [4.78, 5) is 11.9. The van der Waals surface area contributed by atoms with Crippen LogP contribution in [0, 0.1) is 0 Å². The van der Waals surface area contributed by atoms with E-state index >= 15 is 0 Å². The number of benzene rings is 2. The van der Waals surface area contributed by atoms with Gasteiger partial charge in [0.05, 0.1) is 0 Å². The molecule has 0 saturated carbocycles. The van der Waals surface area contributed by atoms with E-state index in [0.29, 0.717) is 5.56 Å². The molecule has 0 amide bonds. The van der Waals surface area contributed by atoms with Gasteiger partial charge in [0.25, 0.3) is 0 Å². The van der Waals surface area contributed by atoms with Crippen molar-refractivity contribution in [2.45, 2.75) is 13.3 Å². The summed E-state index contributed by atoms with van der Waals surface area (Å²) >= 11 is 3.54. The van der Waals surface area contributed by atoms with E-state index in [2.05, 4.69) is 28.9 Å². The maximum absolute atomic E-state index is 11.9. The Kier molecular flexibility index (Phi) is 4.69. The number of hydrogen-bond acceptors (Lipinski definition) is 1. The number of carbonyl (C=O) groups is 1. The van der Waals surface area contributed by atoms with Gasteiger partial charge in [0, 0.05) is 10.0 Å². The average molecular weight is 315 g/mol. The van der Waals surface area contributed by atoms with E-state index in [1.165, 1.54) is 5.56 Å². The number of halogens is 1. The van der Waals surface area contributed by atoms with Crippen molar-refractivity contribution in [2.24, 2.45) is 0 Å². The second-order valence-corrected chi connectivity index (χ2v) is 5.12. The molecule has 1 nitrogen and oxygen atoms in total. The van der Waals surface area contributed by atoms with E-state index in [1.54, 1.807) is 6.08 Å².